The van der Waals surface area contributed by atoms with Crippen LogP contribution in [0.5, 0.6) is 0 Å². The second kappa shape index (κ2) is 33.7. The van der Waals surface area contributed by atoms with Crippen LogP contribution < -0.4 is 0 Å². The quantitative estimate of drug-likeness (QED) is 0.112. The lowest BCUT2D eigenvalue weighted by molar-refractivity contribution is -0.324. The van der Waals surface area contributed by atoms with E-state index in [0.29, 0.717) is 37.0 Å². The highest BCUT2D eigenvalue weighted by Crippen LogP contribution is 2.45. The summed E-state index contributed by atoms with van der Waals surface area (Å²) in [4.78, 5) is 67.1. The number of hydroxylamine groups is 10. The number of aliphatic hydroxyl groups excluding tert-OH is 1. The number of rotatable bonds is 15. The van der Waals surface area contributed by atoms with Crippen LogP contribution in [0.15, 0.2) is 121 Å². The molecule has 3 atom stereocenters. The molecule has 16 nitrogen and oxygen atoms in total. The predicted molar refractivity (Wildman–Crippen MR) is 402 cm³/mol. The fourth-order valence-electron chi connectivity index (χ4n) is 15.7. The van der Waals surface area contributed by atoms with Gasteiger partial charge in [-0.05, 0) is 267 Å². The predicted octanol–water partition coefficient (Wildman–Crippen LogP) is 19.4. The molecule has 0 amide bonds. The van der Waals surface area contributed by atoms with E-state index < -0.39 is 5.60 Å². The highest BCUT2D eigenvalue weighted by atomic mass is 16.7. The Morgan fingerprint density at radius 1 is 0.450 bits per heavy atom. The molecule has 0 saturated carbocycles. The molecule has 100 heavy (non-hydrogen) atoms. The van der Waals surface area contributed by atoms with E-state index in [9.17, 15) is 19.5 Å². The SMILES string of the molecule is CC(C)(C#N)ON1C(C)(C)CC(=O)CC1(C)C.CC(C)(C)ON1C(C)(C)CCCC1(C)C.CC(ON1C(C)(C)CC(=O)CC1(C)C)c1ccccc1.CC(ON1C(C)(C)CC(O)CC1(C)C)c1ccccc1.CC1(C)CCCC(C)(C)N1OC(COC(=O)c1ccccc1)c1ccccc1. The normalized spacial score (nSPS) is 23.3. The molecule has 5 fully saturated rings. The average Bonchev–Trinajstić information content (AvgIpc) is 0.787. The van der Waals surface area contributed by atoms with Crippen molar-refractivity contribution in [2.45, 2.75) is 355 Å². The molecule has 0 radical (unpaired) electrons. The molecule has 5 saturated heterocycles. The van der Waals surface area contributed by atoms with Gasteiger partial charge in [0.1, 0.15) is 36.5 Å². The molecular formula is C84H132N6O10. The fourth-order valence-corrected chi connectivity index (χ4v) is 15.7. The molecule has 0 aliphatic carbocycles. The van der Waals surface area contributed by atoms with Crippen LogP contribution in [0.1, 0.15) is 309 Å². The first kappa shape index (κ1) is 85.4. The maximum atomic E-state index is 12.4. The summed E-state index contributed by atoms with van der Waals surface area (Å²) in [5.41, 5.74) is 1.34. The second-order valence-corrected chi connectivity index (χ2v) is 36.4. The average molecular weight is 1390 g/mol. The smallest absolute Gasteiger partial charge is 0.338 e. The topological polar surface area (TPSA) is 167 Å². The van der Waals surface area contributed by atoms with Crippen LogP contribution in [-0.2, 0) is 38.5 Å². The van der Waals surface area contributed by atoms with Crippen molar-refractivity contribution < 1.29 is 48.4 Å². The molecule has 558 valence electrons. The van der Waals surface area contributed by atoms with Gasteiger partial charge in [0.05, 0.1) is 23.3 Å². The lowest BCUT2D eigenvalue weighted by Gasteiger charge is -2.53. The monoisotopic (exact) mass is 1390 g/mol. The Bertz CT molecular complexity index is 3170. The van der Waals surface area contributed by atoms with Crippen LogP contribution in [0, 0.1) is 11.3 Å². The van der Waals surface area contributed by atoms with Crippen molar-refractivity contribution in [3.05, 3.63) is 144 Å². The van der Waals surface area contributed by atoms with E-state index in [0.717, 1.165) is 36.8 Å². The number of carbonyl (C=O) groups excluding carboxylic acids is 3. The van der Waals surface area contributed by atoms with E-state index >= 15 is 0 Å². The van der Waals surface area contributed by atoms with Crippen molar-refractivity contribution in [3.8, 4) is 6.07 Å². The van der Waals surface area contributed by atoms with Gasteiger partial charge < -0.3 is 9.84 Å². The molecule has 16 heteroatoms. The molecule has 5 heterocycles. The lowest BCUT2D eigenvalue weighted by Crippen LogP contribution is -2.62. The first-order chi connectivity index (χ1) is 45.8. The fraction of sp³-hybridized carbons (Fsp3) is 0.667. The van der Waals surface area contributed by atoms with Crippen LogP contribution in [0.3, 0.4) is 0 Å². The molecule has 9 rings (SSSR count). The maximum absolute atomic E-state index is 12.4. The highest BCUT2D eigenvalue weighted by molar-refractivity contribution is 5.89. The number of Topliss-reactive ketones (excluding diaryl/α,β-unsaturated/α-hetero) is 2. The molecule has 4 aromatic rings. The molecule has 4 aromatic carbocycles. The number of piperidine rings is 5. The Morgan fingerprint density at radius 3 is 1.10 bits per heavy atom. The molecule has 0 spiro atoms. The molecule has 0 aromatic heterocycles. The zero-order valence-corrected chi connectivity index (χ0v) is 66.9. The van der Waals surface area contributed by atoms with E-state index in [1.807, 2.05) is 123 Å². The van der Waals surface area contributed by atoms with Crippen LogP contribution >= 0.6 is 0 Å². The number of ether oxygens (including phenoxy) is 1. The Hall–Kier alpha value is -5.26. The second-order valence-electron chi connectivity index (χ2n) is 36.4. The summed E-state index contributed by atoms with van der Waals surface area (Å²) in [7, 11) is 0. The number of hydrogen-bond acceptors (Lipinski definition) is 16. The number of aliphatic hydroxyl groups is 1. The number of esters is 1. The summed E-state index contributed by atoms with van der Waals surface area (Å²) in [6, 6.07) is 41.6. The first-order valence-electron chi connectivity index (χ1n) is 36.7. The third-order valence-corrected chi connectivity index (χ3v) is 19.4. The number of carbonyl (C=O) groups is 3. The van der Waals surface area contributed by atoms with Crippen LogP contribution in [0.4, 0.5) is 0 Å². The first-order valence-corrected chi connectivity index (χ1v) is 36.7. The van der Waals surface area contributed by atoms with Gasteiger partial charge in [-0.2, -0.15) is 30.6 Å². The minimum atomic E-state index is -0.880. The molecule has 0 bridgehead atoms. The highest BCUT2D eigenvalue weighted by Gasteiger charge is 2.51. The molecule has 5 aliphatic rings. The van der Waals surface area contributed by atoms with E-state index in [4.69, 9.17) is 34.2 Å². The lowest BCUT2D eigenvalue weighted by atomic mass is 9.80. The third kappa shape index (κ3) is 24.4. The van der Waals surface area contributed by atoms with Gasteiger partial charge in [0.15, 0.2) is 5.60 Å². The minimum Gasteiger partial charge on any atom is -0.459 e. The summed E-state index contributed by atoms with van der Waals surface area (Å²) in [5.74, 6) is 0.226. The number of nitriles is 1. The molecule has 1 N–H and O–H groups in total. The molecular weight excluding hydrogens is 1250 g/mol. The Balaban J connectivity index is 0.000000229. The summed E-state index contributed by atoms with van der Waals surface area (Å²) >= 11 is 0. The van der Waals surface area contributed by atoms with Gasteiger partial charge in [0.25, 0.3) is 0 Å². The maximum Gasteiger partial charge on any atom is 0.338 e. The number of nitrogens with zero attached hydrogens (tertiary/aromatic N) is 6. The Labute approximate surface area is 604 Å². The van der Waals surface area contributed by atoms with Gasteiger partial charge >= 0.3 is 5.97 Å². The van der Waals surface area contributed by atoms with Gasteiger partial charge in [0.2, 0.25) is 0 Å². The number of hydrogen-bond donors (Lipinski definition) is 1. The van der Waals surface area contributed by atoms with Gasteiger partial charge in [-0.25, -0.2) is 4.79 Å². The van der Waals surface area contributed by atoms with Gasteiger partial charge in [-0.1, -0.05) is 109 Å². The Kier molecular flexibility index (Phi) is 28.8. The Morgan fingerprint density at radius 2 is 0.750 bits per heavy atom. The van der Waals surface area contributed by atoms with E-state index in [1.54, 1.807) is 26.0 Å². The van der Waals surface area contributed by atoms with Crippen molar-refractivity contribution >= 4 is 17.5 Å². The third-order valence-electron chi connectivity index (χ3n) is 19.4. The van der Waals surface area contributed by atoms with Gasteiger partial charge in [-0.15, -0.1) is 0 Å². The van der Waals surface area contributed by atoms with Crippen molar-refractivity contribution in [1.29, 1.82) is 5.26 Å². The minimum absolute atomic E-state index is 0.00462. The number of benzene rings is 4. The van der Waals surface area contributed by atoms with Crippen molar-refractivity contribution in [3.63, 3.8) is 0 Å². The largest absolute Gasteiger partial charge is 0.459 e. The van der Waals surface area contributed by atoms with E-state index in [1.165, 1.54) is 31.2 Å². The number of ketones is 2. The van der Waals surface area contributed by atoms with Crippen LogP contribution in [0.25, 0.3) is 0 Å². The van der Waals surface area contributed by atoms with Gasteiger partial charge in [-0.3, -0.25) is 33.8 Å². The van der Waals surface area contributed by atoms with Crippen molar-refractivity contribution in [2.75, 3.05) is 6.61 Å². The summed E-state index contributed by atoms with van der Waals surface area (Å²) in [6.07, 6.45) is 9.87. The van der Waals surface area contributed by atoms with Crippen molar-refractivity contribution in [2.24, 2.45) is 0 Å². The summed E-state index contributed by atoms with van der Waals surface area (Å²) < 4.78 is 5.63. The molecule has 3 unspecified atom stereocenters. The van der Waals surface area contributed by atoms with Crippen molar-refractivity contribution in [1.82, 2.24) is 25.3 Å². The van der Waals surface area contributed by atoms with Gasteiger partial charge in [0, 0.05) is 81.1 Å². The zero-order valence-electron chi connectivity index (χ0n) is 66.9. The van der Waals surface area contributed by atoms with Crippen LogP contribution in [0.2, 0.25) is 0 Å². The standard InChI is InChI=1S/C24H31NO3.C17H27NO2.C17H25NO2.C13H22N2O2.C13H27NO/c1-23(2)16-11-17-24(3,4)25(23)28-21(19-12-7-5-8-13-19)18-27-22(26)20-14-9-6-10-15-20;2*1-13(14-9-7-6-8-10-14)20-18-16(2,3)11-15(19)12-17(18,4)5;1-11(2)7-10(16)8-12(3,4)15(11)17-13(5,6)9-14;1-11(2,3)15-14-12(4,5)9-8-10-13(14,6)7/h5-10,12-15,21H,11,16-18H2,1-4H3;6-10,13,15,19H,11-12H2,1-5H3;6-10,13H,11-12H2,1-5H3;7-8H2,1-6H3;8-10H2,1-7H3. The zero-order chi connectivity index (χ0) is 75.5. The van der Waals surface area contributed by atoms with E-state index in [2.05, 4.69) is 191 Å². The molecule has 5 aliphatic heterocycles. The van der Waals surface area contributed by atoms with Crippen LogP contribution in [-0.4, -0.2) is 127 Å². The summed E-state index contributed by atoms with van der Waals surface area (Å²) in [5, 5.41) is 29.4. The van der Waals surface area contributed by atoms with E-state index in [-0.39, 0.29) is 104 Å². The summed E-state index contributed by atoms with van der Waals surface area (Å²) in [6.45, 7) is 56.8.